The molecule has 0 aromatic heterocycles. The summed E-state index contributed by atoms with van der Waals surface area (Å²) in [4.78, 5) is 12.1. The van der Waals surface area contributed by atoms with Crippen LogP contribution < -0.4 is 10.6 Å². The van der Waals surface area contributed by atoms with Gasteiger partial charge in [0.1, 0.15) is 5.75 Å². The SMILES string of the molecule is O=C(Cc1cccc(O)c1)NC1CC[C@H]2CNC[C@H]2C1. The lowest BCUT2D eigenvalue weighted by molar-refractivity contribution is -0.121. The van der Waals surface area contributed by atoms with E-state index in [4.69, 9.17) is 0 Å². The van der Waals surface area contributed by atoms with Crippen molar-refractivity contribution in [1.29, 1.82) is 0 Å². The highest BCUT2D eigenvalue weighted by Gasteiger charge is 2.34. The molecule has 0 bridgehead atoms. The highest BCUT2D eigenvalue weighted by atomic mass is 16.3. The van der Waals surface area contributed by atoms with Crippen LogP contribution >= 0.6 is 0 Å². The summed E-state index contributed by atoms with van der Waals surface area (Å²) < 4.78 is 0. The largest absolute Gasteiger partial charge is 0.508 e. The molecule has 2 aliphatic rings. The van der Waals surface area contributed by atoms with Crippen LogP contribution in [-0.4, -0.2) is 30.1 Å². The molecule has 1 saturated heterocycles. The first-order valence-corrected chi connectivity index (χ1v) is 7.48. The van der Waals surface area contributed by atoms with Crippen molar-refractivity contribution in [2.45, 2.75) is 31.7 Å². The van der Waals surface area contributed by atoms with Gasteiger partial charge < -0.3 is 15.7 Å². The average molecular weight is 274 g/mol. The standard InChI is InChI=1S/C16H22N2O2/c19-15-3-1-2-11(6-15)7-16(20)18-14-5-4-12-9-17-10-13(12)8-14/h1-3,6,12-14,17,19H,4-5,7-10H2,(H,18,20)/t12-,13+,14?/m0/s1. The zero-order valence-electron chi connectivity index (χ0n) is 11.6. The van der Waals surface area contributed by atoms with Crippen LogP contribution in [0.25, 0.3) is 0 Å². The molecule has 1 unspecified atom stereocenters. The molecule has 108 valence electrons. The minimum Gasteiger partial charge on any atom is -0.508 e. The summed E-state index contributed by atoms with van der Waals surface area (Å²) in [5.74, 6) is 1.82. The van der Waals surface area contributed by atoms with E-state index in [0.29, 0.717) is 12.5 Å². The van der Waals surface area contributed by atoms with Crippen LogP contribution in [0.5, 0.6) is 5.75 Å². The Balaban J connectivity index is 1.51. The van der Waals surface area contributed by atoms with Gasteiger partial charge in [-0.25, -0.2) is 0 Å². The number of fused-ring (bicyclic) bond motifs is 1. The van der Waals surface area contributed by atoms with Crippen LogP contribution in [0.2, 0.25) is 0 Å². The molecule has 20 heavy (non-hydrogen) atoms. The summed E-state index contributed by atoms with van der Waals surface area (Å²) in [6, 6.07) is 7.23. The number of aromatic hydroxyl groups is 1. The van der Waals surface area contributed by atoms with Crippen molar-refractivity contribution in [2.24, 2.45) is 11.8 Å². The Morgan fingerprint density at radius 1 is 1.30 bits per heavy atom. The first-order chi connectivity index (χ1) is 9.70. The van der Waals surface area contributed by atoms with E-state index >= 15 is 0 Å². The molecule has 1 heterocycles. The topological polar surface area (TPSA) is 61.4 Å². The molecule has 1 aromatic rings. The first-order valence-electron chi connectivity index (χ1n) is 7.48. The molecule has 0 spiro atoms. The third kappa shape index (κ3) is 3.12. The summed E-state index contributed by atoms with van der Waals surface area (Å²) >= 11 is 0. The summed E-state index contributed by atoms with van der Waals surface area (Å²) in [7, 11) is 0. The predicted molar refractivity (Wildman–Crippen MR) is 77.4 cm³/mol. The first kappa shape index (κ1) is 13.4. The zero-order valence-corrected chi connectivity index (χ0v) is 11.6. The van der Waals surface area contributed by atoms with Crippen LogP contribution in [0, 0.1) is 11.8 Å². The number of benzene rings is 1. The fourth-order valence-electron chi connectivity index (χ4n) is 3.56. The molecule has 3 N–H and O–H groups in total. The molecule has 1 aliphatic heterocycles. The second kappa shape index (κ2) is 5.83. The highest BCUT2D eigenvalue weighted by Crippen LogP contribution is 2.32. The number of amides is 1. The number of hydrogen-bond donors (Lipinski definition) is 3. The van der Waals surface area contributed by atoms with Crippen LogP contribution in [0.15, 0.2) is 24.3 Å². The van der Waals surface area contributed by atoms with E-state index < -0.39 is 0 Å². The molecular formula is C16H22N2O2. The van der Waals surface area contributed by atoms with Crippen LogP contribution in [0.4, 0.5) is 0 Å². The summed E-state index contributed by atoms with van der Waals surface area (Å²) in [6.45, 7) is 2.25. The molecule has 3 atom stereocenters. The number of hydrogen-bond acceptors (Lipinski definition) is 3. The van der Waals surface area contributed by atoms with Gasteiger partial charge in [0.15, 0.2) is 0 Å². The maximum Gasteiger partial charge on any atom is 0.224 e. The van der Waals surface area contributed by atoms with Gasteiger partial charge in [-0.3, -0.25) is 4.79 Å². The van der Waals surface area contributed by atoms with E-state index in [2.05, 4.69) is 10.6 Å². The van der Waals surface area contributed by atoms with E-state index in [0.717, 1.165) is 43.3 Å². The molecule has 0 radical (unpaired) electrons. The molecular weight excluding hydrogens is 252 g/mol. The number of phenols is 1. The molecule has 1 aliphatic carbocycles. The van der Waals surface area contributed by atoms with Crippen molar-refractivity contribution in [3.8, 4) is 5.75 Å². The molecule has 1 amide bonds. The van der Waals surface area contributed by atoms with Crippen molar-refractivity contribution in [3.63, 3.8) is 0 Å². The number of carbonyl (C=O) groups is 1. The number of rotatable bonds is 3. The van der Waals surface area contributed by atoms with Crippen molar-refractivity contribution in [2.75, 3.05) is 13.1 Å². The van der Waals surface area contributed by atoms with Crippen LogP contribution in [0.1, 0.15) is 24.8 Å². The molecule has 3 rings (SSSR count). The van der Waals surface area contributed by atoms with E-state index in [9.17, 15) is 9.90 Å². The predicted octanol–water partition coefficient (Wildman–Crippen LogP) is 1.44. The lowest BCUT2D eigenvalue weighted by Gasteiger charge is -2.31. The van der Waals surface area contributed by atoms with Gasteiger partial charge in [-0.15, -0.1) is 0 Å². The lowest BCUT2D eigenvalue weighted by Crippen LogP contribution is -2.41. The van der Waals surface area contributed by atoms with Crippen molar-refractivity contribution in [3.05, 3.63) is 29.8 Å². The van der Waals surface area contributed by atoms with E-state index in [1.165, 1.54) is 6.42 Å². The van der Waals surface area contributed by atoms with Gasteiger partial charge in [0.2, 0.25) is 5.91 Å². The Hall–Kier alpha value is -1.55. The number of carbonyl (C=O) groups excluding carboxylic acids is 1. The summed E-state index contributed by atoms with van der Waals surface area (Å²) in [5, 5.41) is 16.0. The van der Waals surface area contributed by atoms with E-state index in [-0.39, 0.29) is 11.7 Å². The van der Waals surface area contributed by atoms with Crippen molar-refractivity contribution < 1.29 is 9.90 Å². The zero-order chi connectivity index (χ0) is 13.9. The van der Waals surface area contributed by atoms with Gasteiger partial charge in [0.05, 0.1) is 6.42 Å². The van der Waals surface area contributed by atoms with Crippen LogP contribution in [0.3, 0.4) is 0 Å². The second-order valence-corrected chi connectivity index (χ2v) is 6.10. The third-order valence-corrected chi connectivity index (χ3v) is 4.59. The molecule has 1 saturated carbocycles. The average Bonchev–Trinajstić information content (AvgIpc) is 2.86. The molecule has 2 fully saturated rings. The van der Waals surface area contributed by atoms with E-state index in [1.54, 1.807) is 18.2 Å². The Bertz CT molecular complexity index is 489. The number of nitrogens with one attached hydrogen (secondary N) is 2. The van der Waals surface area contributed by atoms with Gasteiger partial charge in [-0.1, -0.05) is 12.1 Å². The smallest absolute Gasteiger partial charge is 0.224 e. The fourth-order valence-corrected chi connectivity index (χ4v) is 3.56. The van der Waals surface area contributed by atoms with Gasteiger partial charge in [0, 0.05) is 6.04 Å². The van der Waals surface area contributed by atoms with Gasteiger partial charge >= 0.3 is 0 Å². The molecule has 4 heteroatoms. The minimum atomic E-state index is 0.0602. The maximum absolute atomic E-state index is 12.1. The van der Waals surface area contributed by atoms with Crippen molar-refractivity contribution in [1.82, 2.24) is 10.6 Å². The second-order valence-electron chi connectivity index (χ2n) is 6.10. The van der Waals surface area contributed by atoms with E-state index in [1.807, 2.05) is 6.07 Å². The highest BCUT2D eigenvalue weighted by molar-refractivity contribution is 5.79. The normalized spacial score (nSPS) is 28.9. The summed E-state index contributed by atoms with van der Waals surface area (Å²) in [6.07, 6.45) is 3.75. The Kier molecular flexibility index (Phi) is 3.92. The fraction of sp³-hybridized carbons (Fsp3) is 0.562. The van der Waals surface area contributed by atoms with Crippen LogP contribution in [-0.2, 0) is 11.2 Å². The monoisotopic (exact) mass is 274 g/mol. The Labute approximate surface area is 119 Å². The van der Waals surface area contributed by atoms with Gasteiger partial charge in [-0.05, 0) is 61.9 Å². The lowest BCUT2D eigenvalue weighted by atomic mass is 9.79. The maximum atomic E-state index is 12.1. The number of phenolic OH excluding ortho intramolecular Hbond substituents is 1. The van der Waals surface area contributed by atoms with Crippen molar-refractivity contribution >= 4 is 5.91 Å². The molecule has 4 nitrogen and oxygen atoms in total. The Morgan fingerprint density at radius 3 is 3.00 bits per heavy atom. The molecule has 1 aromatic carbocycles. The quantitative estimate of drug-likeness (QED) is 0.781. The minimum absolute atomic E-state index is 0.0602. The van der Waals surface area contributed by atoms with Gasteiger partial charge in [0.25, 0.3) is 0 Å². The Morgan fingerprint density at radius 2 is 2.15 bits per heavy atom. The summed E-state index contributed by atoms with van der Waals surface area (Å²) in [5.41, 5.74) is 0.860. The third-order valence-electron chi connectivity index (χ3n) is 4.59. The van der Waals surface area contributed by atoms with Gasteiger partial charge in [-0.2, -0.15) is 0 Å².